The molecule has 3 N–H and O–H groups in total. The summed E-state index contributed by atoms with van der Waals surface area (Å²) in [4.78, 5) is 4.25. The molecule has 1 aromatic rings. The molecule has 0 aromatic carbocycles. The number of aromatic nitrogens is 2. The Morgan fingerprint density at radius 2 is 2.64 bits per heavy atom. The summed E-state index contributed by atoms with van der Waals surface area (Å²) in [5, 5.41) is 3.24. The summed E-state index contributed by atoms with van der Waals surface area (Å²) in [6, 6.07) is 0. The molecule has 0 atom stereocenters. The van der Waals surface area contributed by atoms with E-state index in [9.17, 15) is 0 Å². The molecule has 11 heavy (non-hydrogen) atoms. The van der Waals surface area contributed by atoms with Crippen molar-refractivity contribution >= 4 is 5.82 Å². The van der Waals surface area contributed by atoms with E-state index >= 15 is 0 Å². The Balaban J connectivity index is 2.27. The lowest BCUT2D eigenvalue weighted by Crippen LogP contribution is -2.08. The zero-order valence-corrected chi connectivity index (χ0v) is 6.38. The molecule has 1 aliphatic rings. The average molecular weight is 152 g/mol. The van der Waals surface area contributed by atoms with Gasteiger partial charge in [0.2, 0.25) is 0 Å². The van der Waals surface area contributed by atoms with E-state index in [-0.39, 0.29) is 0 Å². The lowest BCUT2D eigenvalue weighted by molar-refractivity contribution is 0.720. The molecular formula is C7H12N4. The number of hydrogen-bond donors (Lipinski definition) is 2. The van der Waals surface area contributed by atoms with Crippen molar-refractivity contribution in [1.82, 2.24) is 9.55 Å². The van der Waals surface area contributed by atoms with Gasteiger partial charge >= 0.3 is 0 Å². The van der Waals surface area contributed by atoms with Crippen molar-refractivity contribution in [3.05, 3.63) is 12.0 Å². The monoisotopic (exact) mass is 152 g/mol. The highest BCUT2D eigenvalue weighted by Gasteiger charge is 2.12. The van der Waals surface area contributed by atoms with E-state index < -0.39 is 0 Å². The summed E-state index contributed by atoms with van der Waals surface area (Å²) in [5.41, 5.74) is 5.44. The van der Waals surface area contributed by atoms with Crippen molar-refractivity contribution < 1.29 is 0 Å². The minimum atomic E-state index is 0.677. The Morgan fingerprint density at radius 3 is 3.45 bits per heavy atom. The van der Waals surface area contributed by atoms with Crippen LogP contribution in [0.4, 0.5) is 5.82 Å². The fourth-order valence-corrected chi connectivity index (χ4v) is 1.43. The smallest absolute Gasteiger partial charge is 0.126 e. The Labute approximate surface area is 65.4 Å². The van der Waals surface area contributed by atoms with Crippen LogP contribution in [0.5, 0.6) is 0 Å². The van der Waals surface area contributed by atoms with E-state index in [4.69, 9.17) is 5.73 Å². The normalized spacial score (nSPS) is 14.6. The quantitative estimate of drug-likeness (QED) is 0.617. The van der Waals surface area contributed by atoms with Crippen LogP contribution in [0.2, 0.25) is 0 Å². The van der Waals surface area contributed by atoms with Crippen molar-refractivity contribution in [3.8, 4) is 0 Å². The van der Waals surface area contributed by atoms with E-state index in [1.54, 1.807) is 0 Å². The van der Waals surface area contributed by atoms with E-state index in [2.05, 4.69) is 14.9 Å². The van der Waals surface area contributed by atoms with Crippen LogP contribution < -0.4 is 11.1 Å². The first-order chi connectivity index (χ1) is 5.42. The van der Waals surface area contributed by atoms with Gasteiger partial charge in [-0.05, 0) is 6.54 Å². The molecule has 2 heterocycles. The Morgan fingerprint density at radius 1 is 1.73 bits per heavy atom. The highest BCUT2D eigenvalue weighted by atomic mass is 15.2. The van der Waals surface area contributed by atoms with E-state index in [0.29, 0.717) is 6.54 Å². The van der Waals surface area contributed by atoms with Gasteiger partial charge < -0.3 is 15.6 Å². The SMILES string of the molecule is NCCc1ncc2n1CCN2. The molecule has 1 aromatic heterocycles. The van der Waals surface area contributed by atoms with E-state index in [1.807, 2.05) is 6.20 Å². The Bertz CT molecular complexity index is 253. The summed E-state index contributed by atoms with van der Waals surface area (Å²) in [6.07, 6.45) is 2.75. The molecule has 0 spiro atoms. The molecule has 0 unspecified atom stereocenters. The first-order valence-electron chi connectivity index (χ1n) is 3.90. The second kappa shape index (κ2) is 2.54. The molecule has 0 saturated heterocycles. The maximum atomic E-state index is 5.44. The van der Waals surface area contributed by atoms with Crippen LogP contribution in [0.3, 0.4) is 0 Å². The molecule has 0 bridgehead atoms. The summed E-state index contributed by atoms with van der Waals surface area (Å²) < 4.78 is 2.19. The molecule has 0 fully saturated rings. The van der Waals surface area contributed by atoms with Gasteiger partial charge in [0.1, 0.15) is 11.6 Å². The first-order valence-corrected chi connectivity index (χ1v) is 3.90. The van der Waals surface area contributed by atoms with Crippen molar-refractivity contribution in [2.45, 2.75) is 13.0 Å². The van der Waals surface area contributed by atoms with Gasteiger partial charge in [-0.15, -0.1) is 0 Å². The highest BCUT2D eigenvalue weighted by Crippen LogP contribution is 2.15. The van der Waals surface area contributed by atoms with Gasteiger partial charge in [-0.2, -0.15) is 0 Å². The summed E-state index contributed by atoms with van der Waals surface area (Å²) in [5.74, 6) is 2.24. The fourth-order valence-electron chi connectivity index (χ4n) is 1.43. The molecule has 4 nitrogen and oxygen atoms in total. The summed E-state index contributed by atoms with van der Waals surface area (Å²) in [7, 11) is 0. The number of nitrogens with two attached hydrogens (primary N) is 1. The van der Waals surface area contributed by atoms with E-state index in [1.165, 1.54) is 0 Å². The third-order valence-corrected chi connectivity index (χ3v) is 1.95. The molecule has 0 saturated carbocycles. The molecule has 1 aliphatic heterocycles. The number of imidazole rings is 1. The predicted molar refractivity (Wildman–Crippen MR) is 43.5 cm³/mol. The van der Waals surface area contributed by atoms with Crippen LogP contribution in [0.15, 0.2) is 6.20 Å². The van der Waals surface area contributed by atoms with Crippen LogP contribution in [0.25, 0.3) is 0 Å². The molecule has 60 valence electrons. The molecule has 0 amide bonds. The molecule has 4 heteroatoms. The lowest BCUT2D eigenvalue weighted by Gasteiger charge is -1.99. The molecule has 2 rings (SSSR count). The Hall–Kier alpha value is -1.03. The minimum absolute atomic E-state index is 0.677. The zero-order chi connectivity index (χ0) is 7.68. The molecular weight excluding hydrogens is 140 g/mol. The number of rotatable bonds is 2. The van der Waals surface area contributed by atoms with Gasteiger partial charge in [-0.25, -0.2) is 4.98 Å². The lowest BCUT2D eigenvalue weighted by atomic mass is 10.4. The number of nitrogens with zero attached hydrogens (tertiary/aromatic N) is 2. The van der Waals surface area contributed by atoms with Gasteiger partial charge in [0.05, 0.1) is 6.20 Å². The molecule has 0 radical (unpaired) electrons. The van der Waals surface area contributed by atoms with Crippen LogP contribution in [-0.2, 0) is 13.0 Å². The topological polar surface area (TPSA) is 55.9 Å². The van der Waals surface area contributed by atoms with Crippen molar-refractivity contribution in [2.24, 2.45) is 5.73 Å². The van der Waals surface area contributed by atoms with Gasteiger partial charge in [0.15, 0.2) is 0 Å². The van der Waals surface area contributed by atoms with Gasteiger partial charge in [-0.3, -0.25) is 0 Å². The van der Waals surface area contributed by atoms with Gasteiger partial charge in [0.25, 0.3) is 0 Å². The van der Waals surface area contributed by atoms with Gasteiger partial charge in [-0.1, -0.05) is 0 Å². The highest BCUT2D eigenvalue weighted by molar-refractivity contribution is 5.38. The second-order valence-corrected chi connectivity index (χ2v) is 2.68. The largest absolute Gasteiger partial charge is 0.368 e. The zero-order valence-electron chi connectivity index (χ0n) is 6.38. The summed E-state index contributed by atoms with van der Waals surface area (Å²) in [6.45, 7) is 2.73. The number of hydrogen-bond acceptors (Lipinski definition) is 3. The third-order valence-electron chi connectivity index (χ3n) is 1.95. The average Bonchev–Trinajstić information content (AvgIpc) is 2.53. The fraction of sp³-hybridized carbons (Fsp3) is 0.571. The van der Waals surface area contributed by atoms with Crippen LogP contribution >= 0.6 is 0 Å². The number of fused-ring (bicyclic) bond motifs is 1. The van der Waals surface area contributed by atoms with Crippen LogP contribution in [-0.4, -0.2) is 22.6 Å². The molecule has 0 aliphatic carbocycles. The van der Waals surface area contributed by atoms with Crippen molar-refractivity contribution in [3.63, 3.8) is 0 Å². The second-order valence-electron chi connectivity index (χ2n) is 2.68. The maximum absolute atomic E-state index is 5.44. The van der Waals surface area contributed by atoms with E-state index in [0.717, 1.165) is 31.2 Å². The Kier molecular flexibility index (Phi) is 1.54. The predicted octanol–water partition coefficient (Wildman–Crippen LogP) is -0.190. The van der Waals surface area contributed by atoms with Crippen molar-refractivity contribution in [1.29, 1.82) is 0 Å². The van der Waals surface area contributed by atoms with Gasteiger partial charge in [0, 0.05) is 19.5 Å². The number of nitrogens with one attached hydrogen (secondary N) is 1. The third kappa shape index (κ3) is 0.991. The summed E-state index contributed by atoms with van der Waals surface area (Å²) >= 11 is 0. The van der Waals surface area contributed by atoms with Crippen LogP contribution in [0.1, 0.15) is 5.82 Å². The maximum Gasteiger partial charge on any atom is 0.126 e. The standard InChI is InChI=1S/C7H12N4/c8-2-1-6-10-5-7-9-3-4-11(6)7/h5,9H,1-4,8H2. The van der Waals surface area contributed by atoms with Crippen molar-refractivity contribution in [2.75, 3.05) is 18.4 Å². The first kappa shape index (κ1) is 6.67. The minimum Gasteiger partial charge on any atom is -0.368 e. The van der Waals surface area contributed by atoms with Crippen LogP contribution in [0, 0.1) is 0 Å². The number of anilines is 1.